The smallest absolute Gasteiger partial charge is 0.0548 e. The number of pyridine rings is 2. The van der Waals surface area contributed by atoms with Crippen molar-refractivity contribution in [3.8, 4) is 33.6 Å². The maximum atomic E-state index is 4.21. The van der Waals surface area contributed by atoms with E-state index < -0.39 is 0 Å². The van der Waals surface area contributed by atoms with Gasteiger partial charge in [0, 0.05) is 75.6 Å². The molecular formula is C48H33N5. The van der Waals surface area contributed by atoms with Gasteiger partial charge >= 0.3 is 0 Å². The van der Waals surface area contributed by atoms with Crippen LogP contribution in [0.3, 0.4) is 0 Å². The van der Waals surface area contributed by atoms with Crippen molar-refractivity contribution in [3.05, 3.63) is 201 Å². The Balaban J connectivity index is 1.18. The maximum Gasteiger partial charge on any atom is 0.0548 e. The van der Waals surface area contributed by atoms with Crippen LogP contribution in [-0.4, -0.2) is 19.1 Å². The molecule has 0 amide bonds. The molecule has 4 aromatic heterocycles. The van der Waals surface area contributed by atoms with E-state index in [1.807, 2.05) is 49.1 Å². The van der Waals surface area contributed by atoms with Crippen molar-refractivity contribution in [3.63, 3.8) is 0 Å². The zero-order valence-corrected chi connectivity index (χ0v) is 28.8. The van der Waals surface area contributed by atoms with Crippen LogP contribution in [0.4, 0.5) is 17.1 Å². The van der Waals surface area contributed by atoms with E-state index in [4.69, 9.17) is 0 Å². The Bertz CT molecular complexity index is 2760. The minimum atomic E-state index is 1.07. The first-order chi connectivity index (χ1) is 26.3. The fraction of sp³-hybridized carbons (Fsp3) is 0. The average Bonchev–Trinajstić information content (AvgIpc) is 3.80. The van der Waals surface area contributed by atoms with E-state index in [1.54, 1.807) is 0 Å². The van der Waals surface area contributed by atoms with Gasteiger partial charge in [0.25, 0.3) is 0 Å². The van der Waals surface area contributed by atoms with Crippen LogP contribution in [0.25, 0.3) is 66.3 Å². The molecule has 0 bridgehead atoms. The first-order valence-corrected chi connectivity index (χ1v) is 17.8. The lowest BCUT2D eigenvalue weighted by molar-refractivity contribution is 1.13. The van der Waals surface area contributed by atoms with Crippen LogP contribution in [0.5, 0.6) is 0 Å². The van der Waals surface area contributed by atoms with Crippen LogP contribution in [0.15, 0.2) is 201 Å². The van der Waals surface area contributed by atoms with Gasteiger partial charge in [-0.25, -0.2) is 0 Å². The summed E-state index contributed by atoms with van der Waals surface area (Å²) in [6, 6.07) is 60.8. The molecule has 0 spiro atoms. The second-order valence-corrected chi connectivity index (χ2v) is 13.2. The highest BCUT2D eigenvalue weighted by atomic mass is 15.1. The Morgan fingerprint density at radius 1 is 0.377 bits per heavy atom. The summed E-state index contributed by atoms with van der Waals surface area (Å²) in [6.45, 7) is 0. The van der Waals surface area contributed by atoms with Crippen molar-refractivity contribution in [2.24, 2.45) is 0 Å². The van der Waals surface area contributed by atoms with E-state index in [-0.39, 0.29) is 0 Å². The van der Waals surface area contributed by atoms with Gasteiger partial charge in [0.2, 0.25) is 0 Å². The molecule has 5 nitrogen and oxygen atoms in total. The van der Waals surface area contributed by atoms with Crippen LogP contribution in [-0.2, 0) is 0 Å². The van der Waals surface area contributed by atoms with Gasteiger partial charge in [-0.3, -0.25) is 9.97 Å². The van der Waals surface area contributed by atoms with Gasteiger partial charge in [0.15, 0.2) is 0 Å². The quantitative estimate of drug-likeness (QED) is 0.168. The number of anilines is 3. The zero-order valence-electron chi connectivity index (χ0n) is 28.8. The summed E-state index contributed by atoms with van der Waals surface area (Å²) < 4.78 is 4.68. The highest BCUT2D eigenvalue weighted by Crippen LogP contribution is 2.42. The molecular weight excluding hydrogens is 647 g/mol. The van der Waals surface area contributed by atoms with E-state index in [2.05, 4.69) is 176 Å². The molecule has 0 aliphatic rings. The van der Waals surface area contributed by atoms with Gasteiger partial charge in [0.1, 0.15) is 0 Å². The Morgan fingerprint density at radius 2 is 0.887 bits per heavy atom. The molecule has 5 heteroatoms. The third kappa shape index (κ3) is 5.43. The van der Waals surface area contributed by atoms with Crippen molar-refractivity contribution in [1.82, 2.24) is 19.1 Å². The van der Waals surface area contributed by atoms with Gasteiger partial charge in [-0.2, -0.15) is 0 Å². The molecule has 0 fully saturated rings. The molecule has 10 aromatic rings. The summed E-state index contributed by atoms with van der Waals surface area (Å²) in [6.07, 6.45) is 9.53. The molecule has 0 aliphatic carbocycles. The van der Waals surface area contributed by atoms with Gasteiger partial charge in [-0.15, -0.1) is 0 Å². The summed E-state index contributed by atoms with van der Waals surface area (Å²) in [5.74, 6) is 0. The van der Waals surface area contributed by atoms with E-state index in [9.17, 15) is 0 Å². The molecule has 0 radical (unpaired) electrons. The number of fused-ring (bicyclic) bond motifs is 4. The Hall–Kier alpha value is -7.24. The number of aromatic nitrogens is 4. The first kappa shape index (κ1) is 30.6. The SMILES string of the molecule is c1ccc(-n2ccc3cc4c(cc32)c2cc(N(c3ccc(-c5ccncc5)cc3)c3ccc(-c5ccncc5)cc3)ccc2n4-c2ccccc2)cc1. The van der Waals surface area contributed by atoms with Crippen molar-refractivity contribution in [2.45, 2.75) is 0 Å². The second kappa shape index (κ2) is 12.8. The third-order valence-corrected chi connectivity index (χ3v) is 10.1. The Kier molecular flexibility index (Phi) is 7.40. The van der Waals surface area contributed by atoms with Gasteiger partial charge < -0.3 is 14.0 Å². The van der Waals surface area contributed by atoms with Crippen molar-refractivity contribution in [2.75, 3.05) is 4.90 Å². The molecule has 250 valence electrons. The normalized spacial score (nSPS) is 11.4. The summed E-state index contributed by atoms with van der Waals surface area (Å²) in [5.41, 5.74) is 13.6. The van der Waals surface area contributed by atoms with Crippen molar-refractivity contribution >= 4 is 49.8 Å². The molecule has 4 heterocycles. The number of benzene rings is 6. The van der Waals surface area contributed by atoms with Gasteiger partial charge in [0.05, 0.1) is 16.6 Å². The molecule has 6 aromatic carbocycles. The molecule has 53 heavy (non-hydrogen) atoms. The predicted molar refractivity (Wildman–Crippen MR) is 219 cm³/mol. The number of nitrogens with zero attached hydrogens (tertiary/aromatic N) is 5. The summed E-state index contributed by atoms with van der Waals surface area (Å²) >= 11 is 0. The lowest BCUT2D eigenvalue weighted by Crippen LogP contribution is -2.10. The van der Waals surface area contributed by atoms with Gasteiger partial charge in [-0.05, 0) is 131 Å². The topological polar surface area (TPSA) is 38.9 Å². The molecule has 10 rings (SSSR count). The summed E-state index contributed by atoms with van der Waals surface area (Å²) in [5, 5.41) is 3.60. The number of hydrogen-bond donors (Lipinski definition) is 0. The van der Waals surface area contributed by atoms with E-state index in [0.29, 0.717) is 0 Å². The molecule has 0 N–H and O–H groups in total. The Labute approximate surface area is 307 Å². The minimum Gasteiger partial charge on any atom is -0.317 e. The molecule has 0 unspecified atom stereocenters. The molecule has 0 saturated carbocycles. The average molecular weight is 680 g/mol. The third-order valence-electron chi connectivity index (χ3n) is 10.1. The number of rotatable bonds is 7. The zero-order chi connectivity index (χ0) is 35.1. The van der Waals surface area contributed by atoms with Crippen LogP contribution in [0, 0.1) is 0 Å². The summed E-state index contributed by atoms with van der Waals surface area (Å²) in [4.78, 5) is 10.8. The summed E-state index contributed by atoms with van der Waals surface area (Å²) in [7, 11) is 0. The molecule has 0 saturated heterocycles. The Morgan fingerprint density at radius 3 is 1.47 bits per heavy atom. The second-order valence-electron chi connectivity index (χ2n) is 13.2. The lowest BCUT2D eigenvalue weighted by Gasteiger charge is -2.26. The molecule has 0 aliphatic heterocycles. The number of hydrogen-bond acceptors (Lipinski definition) is 3. The predicted octanol–water partition coefficient (Wildman–Crippen LogP) is 12.3. The van der Waals surface area contributed by atoms with E-state index in [1.165, 1.54) is 27.2 Å². The highest BCUT2D eigenvalue weighted by Gasteiger charge is 2.19. The van der Waals surface area contributed by atoms with E-state index in [0.717, 1.165) is 56.2 Å². The fourth-order valence-corrected chi connectivity index (χ4v) is 7.59. The standard InChI is InChI=1S/C48H33N5/c1-3-7-39(8-4-1)51-30-25-38-31-48-45(33-47(38)51)44-32-43(19-20-46(44)53(48)40-9-5-2-6-10-40)52(41-15-11-34(12-16-41)36-21-26-49-27-22-36)42-17-13-35(14-18-42)37-23-28-50-29-24-37/h1-33H. The highest BCUT2D eigenvalue weighted by molar-refractivity contribution is 6.14. The van der Waals surface area contributed by atoms with Crippen molar-refractivity contribution in [1.29, 1.82) is 0 Å². The fourth-order valence-electron chi connectivity index (χ4n) is 7.59. The number of para-hydroxylation sites is 2. The van der Waals surface area contributed by atoms with Gasteiger partial charge in [-0.1, -0.05) is 60.7 Å². The van der Waals surface area contributed by atoms with Crippen LogP contribution in [0.1, 0.15) is 0 Å². The lowest BCUT2D eigenvalue weighted by atomic mass is 10.0. The van der Waals surface area contributed by atoms with Crippen molar-refractivity contribution < 1.29 is 0 Å². The molecule has 0 atom stereocenters. The van der Waals surface area contributed by atoms with Crippen LogP contribution >= 0.6 is 0 Å². The van der Waals surface area contributed by atoms with Crippen LogP contribution < -0.4 is 4.90 Å². The van der Waals surface area contributed by atoms with Crippen LogP contribution in [0.2, 0.25) is 0 Å². The van der Waals surface area contributed by atoms with E-state index >= 15 is 0 Å². The maximum absolute atomic E-state index is 4.21. The first-order valence-electron chi connectivity index (χ1n) is 17.8. The largest absolute Gasteiger partial charge is 0.317 e. The monoisotopic (exact) mass is 679 g/mol. The minimum absolute atomic E-state index is 1.07.